The summed E-state index contributed by atoms with van der Waals surface area (Å²) in [5, 5.41) is 8.95. The van der Waals surface area contributed by atoms with Crippen molar-refractivity contribution in [2.24, 2.45) is 0 Å². The number of carbonyl (C=O) groups is 2. The molecule has 1 amide bonds. The molecule has 2 rings (SSSR count). The van der Waals surface area contributed by atoms with Gasteiger partial charge < -0.3 is 19.5 Å². The van der Waals surface area contributed by atoms with Crippen LogP contribution in [-0.2, 0) is 14.3 Å². The van der Waals surface area contributed by atoms with E-state index in [1.54, 1.807) is 13.0 Å². The highest BCUT2D eigenvalue weighted by molar-refractivity contribution is 5.79. The Morgan fingerprint density at radius 1 is 1.43 bits per heavy atom. The van der Waals surface area contributed by atoms with Crippen LogP contribution in [0.5, 0.6) is 5.75 Å². The normalized spacial score (nSPS) is 20.6. The Hall–Kier alpha value is -2.15. The van der Waals surface area contributed by atoms with Crippen molar-refractivity contribution in [1.82, 2.24) is 4.90 Å². The fraction of sp³-hybridized carbons (Fsp3) is 0.500. The molecule has 0 aliphatic carbocycles. The van der Waals surface area contributed by atoms with E-state index in [2.05, 4.69) is 0 Å². The van der Waals surface area contributed by atoms with Crippen LogP contribution >= 0.6 is 0 Å². The third kappa shape index (κ3) is 4.41. The lowest BCUT2D eigenvalue weighted by Gasteiger charge is -2.23. The number of ether oxygens (including phenoxy) is 2. The summed E-state index contributed by atoms with van der Waals surface area (Å²) in [6.45, 7) is 1.76. The largest absolute Gasteiger partial charge is 0.481 e. The van der Waals surface area contributed by atoms with Gasteiger partial charge in [0.1, 0.15) is 0 Å². The molecule has 0 bridgehead atoms. The quantitative estimate of drug-likeness (QED) is 0.860. The summed E-state index contributed by atoms with van der Waals surface area (Å²) in [4.78, 5) is 24.7. The molecule has 1 aliphatic rings. The highest BCUT2D eigenvalue weighted by Gasteiger charge is 2.36. The Morgan fingerprint density at radius 3 is 2.83 bits per heavy atom. The number of halogens is 1. The molecule has 1 aliphatic heterocycles. The smallest absolute Gasteiger partial charge is 0.305 e. The van der Waals surface area contributed by atoms with E-state index in [-0.39, 0.29) is 30.8 Å². The second-order valence-electron chi connectivity index (χ2n) is 5.61. The Labute approximate surface area is 133 Å². The average Bonchev–Trinajstić information content (AvgIpc) is 2.90. The predicted molar refractivity (Wildman–Crippen MR) is 79.8 cm³/mol. The first kappa shape index (κ1) is 17.2. The minimum Gasteiger partial charge on any atom is -0.481 e. The van der Waals surface area contributed by atoms with E-state index in [0.29, 0.717) is 13.0 Å². The monoisotopic (exact) mass is 325 g/mol. The Balaban J connectivity index is 2.00. The second kappa shape index (κ2) is 7.41. The highest BCUT2D eigenvalue weighted by atomic mass is 19.1. The second-order valence-corrected chi connectivity index (χ2v) is 5.61. The number of rotatable bonds is 6. The van der Waals surface area contributed by atoms with E-state index in [9.17, 15) is 14.0 Å². The van der Waals surface area contributed by atoms with Gasteiger partial charge in [-0.2, -0.15) is 0 Å². The summed E-state index contributed by atoms with van der Waals surface area (Å²) >= 11 is 0. The molecular formula is C16H20FNO5. The van der Waals surface area contributed by atoms with Crippen LogP contribution in [0.4, 0.5) is 4.39 Å². The summed E-state index contributed by atoms with van der Waals surface area (Å²) < 4.78 is 24.1. The molecule has 0 spiro atoms. The average molecular weight is 325 g/mol. The summed E-state index contributed by atoms with van der Waals surface area (Å²) in [6, 6.07) is 3.96. The van der Waals surface area contributed by atoms with Gasteiger partial charge >= 0.3 is 5.97 Å². The molecule has 7 heteroatoms. The lowest BCUT2D eigenvalue weighted by Crippen LogP contribution is -2.40. The van der Waals surface area contributed by atoms with E-state index in [4.69, 9.17) is 14.6 Å². The van der Waals surface area contributed by atoms with Crippen molar-refractivity contribution in [2.75, 3.05) is 20.3 Å². The first-order chi connectivity index (χ1) is 10.9. The lowest BCUT2D eigenvalue weighted by molar-refractivity contribution is -0.140. The fourth-order valence-corrected chi connectivity index (χ4v) is 2.69. The minimum atomic E-state index is -0.977. The van der Waals surface area contributed by atoms with E-state index >= 15 is 0 Å². The van der Waals surface area contributed by atoms with Crippen LogP contribution in [-0.4, -0.2) is 54.3 Å². The van der Waals surface area contributed by atoms with Crippen molar-refractivity contribution < 1.29 is 28.6 Å². The number of aryl methyl sites for hydroxylation is 1. The van der Waals surface area contributed by atoms with E-state index in [1.807, 2.05) is 0 Å². The molecule has 1 aromatic rings. The zero-order valence-electron chi connectivity index (χ0n) is 13.1. The maximum absolute atomic E-state index is 13.6. The van der Waals surface area contributed by atoms with Crippen LogP contribution in [0.1, 0.15) is 18.4 Å². The number of amides is 1. The van der Waals surface area contributed by atoms with Crippen LogP contribution in [0, 0.1) is 12.7 Å². The standard InChI is InChI=1S/C16H20FNO5/c1-10-3-4-13(17)14(5-10)23-9-15(19)18-8-12(22-2)6-11(18)7-16(20)21/h3-5,11-12H,6-9H2,1-2H3,(H,20,21)/t11-,12-/m0/s1. The lowest BCUT2D eigenvalue weighted by atomic mass is 10.1. The molecular weight excluding hydrogens is 305 g/mol. The zero-order chi connectivity index (χ0) is 17.0. The number of likely N-dealkylation sites (tertiary alicyclic amines) is 1. The molecule has 1 N–H and O–H groups in total. The van der Waals surface area contributed by atoms with Gasteiger partial charge in [-0.1, -0.05) is 6.07 Å². The third-order valence-corrected chi connectivity index (χ3v) is 3.88. The number of carbonyl (C=O) groups excluding carboxylic acids is 1. The molecule has 6 nitrogen and oxygen atoms in total. The summed E-state index contributed by atoms with van der Waals surface area (Å²) in [6.07, 6.45) is 0.122. The zero-order valence-corrected chi connectivity index (χ0v) is 13.1. The van der Waals surface area contributed by atoms with Crippen molar-refractivity contribution in [3.63, 3.8) is 0 Å². The fourth-order valence-electron chi connectivity index (χ4n) is 2.69. The molecule has 1 heterocycles. The van der Waals surface area contributed by atoms with E-state index in [1.165, 1.54) is 24.1 Å². The summed E-state index contributed by atoms with van der Waals surface area (Å²) in [7, 11) is 1.52. The molecule has 0 aromatic heterocycles. The molecule has 126 valence electrons. The van der Waals surface area contributed by atoms with Gasteiger partial charge in [0.15, 0.2) is 18.2 Å². The van der Waals surface area contributed by atoms with Crippen molar-refractivity contribution in [2.45, 2.75) is 31.9 Å². The van der Waals surface area contributed by atoms with Crippen molar-refractivity contribution in [3.8, 4) is 5.75 Å². The number of carboxylic acids is 1. The number of nitrogens with zero attached hydrogens (tertiary/aromatic N) is 1. The number of hydrogen-bond donors (Lipinski definition) is 1. The molecule has 1 saturated heterocycles. The first-order valence-corrected chi connectivity index (χ1v) is 7.33. The SMILES string of the molecule is CO[C@H]1C[C@@H](CC(=O)O)N(C(=O)COc2cc(C)ccc2F)C1. The molecule has 1 aromatic carbocycles. The Morgan fingerprint density at radius 2 is 2.17 bits per heavy atom. The van der Waals surface area contributed by atoms with Gasteiger partial charge in [0.05, 0.1) is 12.5 Å². The summed E-state index contributed by atoms with van der Waals surface area (Å²) in [5.41, 5.74) is 0.818. The molecule has 1 fully saturated rings. The van der Waals surface area contributed by atoms with Crippen LogP contribution in [0.25, 0.3) is 0 Å². The number of carboxylic acid groups (broad SMARTS) is 1. The van der Waals surface area contributed by atoms with Gasteiger partial charge in [-0.25, -0.2) is 4.39 Å². The Kier molecular flexibility index (Phi) is 5.54. The summed E-state index contributed by atoms with van der Waals surface area (Å²) in [5.74, 6) is -1.88. The molecule has 0 saturated carbocycles. The maximum atomic E-state index is 13.6. The van der Waals surface area contributed by atoms with Crippen LogP contribution in [0.2, 0.25) is 0 Å². The van der Waals surface area contributed by atoms with Crippen LogP contribution < -0.4 is 4.74 Å². The van der Waals surface area contributed by atoms with Crippen molar-refractivity contribution in [3.05, 3.63) is 29.6 Å². The van der Waals surface area contributed by atoms with Crippen molar-refractivity contribution in [1.29, 1.82) is 0 Å². The van der Waals surface area contributed by atoms with Gasteiger partial charge in [-0.3, -0.25) is 9.59 Å². The van der Waals surface area contributed by atoms with Gasteiger partial charge in [0.2, 0.25) is 0 Å². The molecule has 23 heavy (non-hydrogen) atoms. The van der Waals surface area contributed by atoms with Gasteiger partial charge in [-0.05, 0) is 31.0 Å². The number of methoxy groups -OCH3 is 1. The van der Waals surface area contributed by atoms with Gasteiger partial charge in [0, 0.05) is 19.7 Å². The van der Waals surface area contributed by atoms with Crippen molar-refractivity contribution >= 4 is 11.9 Å². The predicted octanol–water partition coefficient (Wildman–Crippen LogP) is 1.60. The van der Waals surface area contributed by atoms with Crippen LogP contribution in [0.3, 0.4) is 0 Å². The number of aliphatic carboxylic acids is 1. The Bertz CT molecular complexity index is 592. The maximum Gasteiger partial charge on any atom is 0.305 e. The van der Waals surface area contributed by atoms with Gasteiger partial charge in [0.25, 0.3) is 5.91 Å². The van der Waals surface area contributed by atoms with E-state index < -0.39 is 17.8 Å². The van der Waals surface area contributed by atoms with Crippen LogP contribution in [0.15, 0.2) is 18.2 Å². The number of hydrogen-bond acceptors (Lipinski definition) is 4. The molecule has 0 unspecified atom stereocenters. The first-order valence-electron chi connectivity index (χ1n) is 7.33. The van der Waals surface area contributed by atoms with Gasteiger partial charge in [-0.15, -0.1) is 0 Å². The third-order valence-electron chi connectivity index (χ3n) is 3.88. The number of benzene rings is 1. The topological polar surface area (TPSA) is 76.1 Å². The molecule has 0 radical (unpaired) electrons. The minimum absolute atomic E-state index is 0.00984. The van der Waals surface area contributed by atoms with E-state index in [0.717, 1.165) is 5.56 Å². The molecule has 2 atom stereocenters. The highest BCUT2D eigenvalue weighted by Crippen LogP contribution is 2.24.